The van der Waals surface area contributed by atoms with Crippen LogP contribution in [0.1, 0.15) is 25.7 Å². The number of rotatable bonds is 2. The predicted molar refractivity (Wildman–Crippen MR) is 52.3 cm³/mol. The summed E-state index contributed by atoms with van der Waals surface area (Å²) in [4.78, 5) is 28.5. The zero-order valence-electron chi connectivity index (χ0n) is 9.93. The largest absolute Gasteiger partial charge is 1.00 e. The minimum absolute atomic E-state index is 0. The van der Waals surface area contributed by atoms with Crippen molar-refractivity contribution in [2.75, 3.05) is 0 Å². The van der Waals surface area contributed by atoms with E-state index in [2.05, 4.69) is 0 Å². The van der Waals surface area contributed by atoms with E-state index in [-0.39, 0.29) is 59.1 Å². The SMILES string of the molecule is O=[P+](O)O.O=[P+](O)O.O[CH-]CC1CCC1.[Na+].[Na+]. The van der Waals surface area contributed by atoms with Gasteiger partial charge in [-0.1, -0.05) is 25.2 Å². The standard InChI is InChI=1S/C6H11O.2Na.2HO3P/c7-5-4-6-2-1-3-6;;;2*1-4(2)3/h5-7H,1-4H2;;;2*(H-,1,2,3)/q-1;2*+1;;/p+2. The van der Waals surface area contributed by atoms with Crippen LogP contribution in [0.15, 0.2) is 0 Å². The Balaban J connectivity index is -0.0000000755. The van der Waals surface area contributed by atoms with Crippen LogP contribution in [0.25, 0.3) is 0 Å². The molecular weight excluding hydrogens is 292 g/mol. The molecule has 1 fully saturated rings. The van der Waals surface area contributed by atoms with Gasteiger partial charge in [0.2, 0.25) is 0 Å². The quantitative estimate of drug-likeness (QED) is 0.196. The molecule has 1 aliphatic carbocycles. The third-order valence-corrected chi connectivity index (χ3v) is 1.66. The van der Waals surface area contributed by atoms with Crippen LogP contribution in [0.3, 0.4) is 0 Å². The number of aliphatic hydroxyl groups excluding tert-OH is 1. The second kappa shape index (κ2) is 20.3. The van der Waals surface area contributed by atoms with Crippen molar-refractivity contribution < 1.29 is 92.9 Å². The van der Waals surface area contributed by atoms with Crippen molar-refractivity contribution in [3.63, 3.8) is 0 Å². The maximum absolute atomic E-state index is 8.70. The fourth-order valence-electron chi connectivity index (χ4n) is 0.878. The Morgan fingerprint density at radius 3 is 1.35 bits per heavy atom. The third kappa shape index (κ3) is 38.1. The summed E-state index contributed by atoms with van der Waals surface area (Å²) in [5.41, 5.74) is 0. The first-order chi connectivity index (χ1) is 6.90. The van der Waals surface area contributed by atoms with Crippen molar-refractivity contribution in [3.8, 4) is 0 Å². The molecular formula is C6H15Na2O7P2+3. The van der Waals surface area contributed by atoms with Crippen molar-refractivity contribution in [2.24, 2.45) is 5.92 Å². The minimum atomic E-state index is -2.87. The molecule has 0 atom stereocenters. The maximum atomic E-state index is 8.70. The molecule has 7 nitrogen and oxygen atoms in total. The molecule has 0 aromatic carbocycles. The van der Waals surface area contributed by atoms with E-state index in [9.17, 15) is 0 Å². The first-order valence-electron chi connectivity index (χ1n) is 4.06. The molecule has 1 rings (SSSR count). The maximum Gasteiger partial charge on any atom is 1.00 e. The molecule has 0 radical (unpaired) electrons. The Hall–Kier alpha value is 2.00. The summed E-state index contributed by atoms with van der Waals surface area (Å²) in [6.07, 6.45) is 4.95. The Labute approximate surface area is 146 Å². The van der Waals surface area contributed by atoms with Gasteiger partial charge in [-0.15, -0.1) is 19.6 Å². The fourth-order valence-corrected chi connectivity index (χ4v) is 0.878. The van der Waals surface area contributed by atoms with E-state index < -0.39 is 16.5 Å². The van der Waals surface area contributed by atoms with Crippen molar-refractivity contribution in [3.05, 3.63) is 6.61 Å². The molecule has 1 saturated carbocycles. The summed E-state index contributed by atoms with van der Waals surface area (Å²) in [6, 6.07) is 0. The summed E-state index contributed by atoms with van der Waals surface area (Å²) in [7, 11) is -5.74. The van der Waals surface area contributed by atoms with Crippen molar-refractivity contribution in [1.29, 1.82) is 0 Å². The van der Waals surface area contributed by atoms with E-state index in [1.807, 2.05) is 0 Å². The van der Waals surface area contributed by atoms with Crippen LogP contribution >= 0.6 is 16.5 Å². The average molecular weight is 307 g/mol. The van der Waals surface area contributed by atoms with Crippen molar-refractivity contribution in [1.82, 2.24) is 0 Å². The van der Waals surface area contributed by atoms with Gasteiger partial charge >= 0.3 is 75.6 Å². The molecule has 0 bridgehead atoms. The van der Waals surface area contributed by atoms with Gasteiger partial charge < -0.3 is 5.11 Å². The van der Waals surface area contributed by atoms with Crippen LogP contribution in [-0.2, 0) is 9.13 Å². The van der Waals surface area contributed by atoms with E-state index in [1.54, 1.807) is 0 Å². The second-order valence-corrected chi connectivity index (χ2v) is 3.73. The van der Waals surface area contributed by atoms with E-state index in [4.69, 9.17) is 33.8 Å². The molecule has 0 amide bonds. The average Bonchev–Trinajstić information content (AvgIpc) is 1.94. The Kier molecular flexibility index (Phi) is 32.7. The number of hydrogen-bond acceptors (Lipinski definition) is 3. The Morgan fingerprint density at radius 2 is 1.29 bits per heavy atom. The summed E-state index contributed by atoms with van der Waals surface area (Å²) in [6.45, 7) is 1.28. The van der Waals surface area contributed by atoms with E-state index in [0.29, 0.717) is 0 Å². The van der Waals surface area contributed by atoms with E-state index in [1.165, 1.54) is 25.9 Å². The molecule has 17 heavy (non-hydrogen) atoms. The fraction of sp³-hybridized carbons (Fsp3) is 0.833. The van der Waals surface area contributed by atoms with E-state index >= 15 is 0 Å². The third-order valence-electron chi connectivity index (χ3n) is 1.66. The van der Waals surface area contributed by atoms with Crippen LogP contribution in [0.2, 0.25) is 0 Å². The molecule has 0 aromatic heterocycles. The first-order valence-corrected chi connectivity index (χ1v) is 6.39. The smallest absolute Gasteiger partial charge is 0.566 e. The Morgan fingerprint density at radius 1 is 1.00 bits per heavy atom. The molecule has 90 valence electrons. The molecule has 5 N–H and O–H groups in total. The zero-order valence-corrected chi connectivity index (χ0v) is 15.7. The van der Waals surface area contributed by atoms with E-state index in [0.717, 1.165) is 12.3 Å². The molecule has 0 heterocycles. The minimum Gasteiger partial charge on any atom is -0.566 e. The summed E-state index contributed by atoms with van der Waals surface area (Å²) >= 11 is 0. The monoisotopic (exact) mass is 307 g/mol. The van der Waals surface area contributed by atoms with Gasteiger partial charge in [-0.05, 0) is 0 Å². The van der Waals surface area contributed by atoms with Crippen LogP contribution in [0.5, 0.6) is 0 Å². The normalized spacial score (nSPS) is 12.1. The van der Waals surface area contributed by atoms with Crippen LogP contribution in [-0.4, -0.2) is 24.7 Å². The molecule has 0 unspecified atom stereocenters. The van der Waals surface area contributed by atoms with Crippen molar-refractivity contribution in [2.45, 2.75) is 25.7 Å². The van der Waals surface area contributed by atoms with Gasteiger partial charge in [0.05, 0.1) is 0 Å². The first kappa shape index (κ1) is 27.4. The van der Waals surface area contributed by atoms with Gasteiger partial charge in [0.15, 0.2) is 0 Å². The van der Waals surface area contributed by atoms with Gasteiger partial charge in [0.1, 0.15) is 0 Å². The van der Waals surface area contributed by atoms with Gasteiger partial charge in [0.25, 0.3) is 0 Å². The molecule has 0 spiro atoms. The van der Waals surface area contributed by atoms with Gasteiger partial charge in [0, 0.05) is 9.13 Å². The van der Waals surface area contributed by atoms with Gasteiger partial charge in [-0.2, -0.15) is 6.42 Å². The zero-order chi connectivity index (χ0) is 12.3. The number of aliphatic hydroxyl groups is 1. The van der Waals surface area contributed by atoms with Gasteiger partial charge in [-0.3, -0.25) is 0 Å². The summed E-state index contributed by atoms with van der Waals surface area (Å²) in [5.74, 6) is 0.824. The molecule has 0 saturated heterocycles. The molecule has 0 aliphatic heterocycles. The van der Waals surface area contributed by atoms with Gasteiger partial charge in [-0.25, -0.2) is 6.61 Å². The predicted octanol–water partition coefficient (Wildman–Crippen LogP) is -5.02. The summed E-state index contributed by atoms with van der Waals surface area (Å²) < 4.78 is 17.4. The van der Waals surface area contributed by atoms with Crippen LogP contribution < -0.4 is 59.1 Å². The van der Waals surface area contributed by atoms with Crippen LogP contribution in [0, 0.1) is 12.5 Å². The van der Waals surface area contributed by atoms with Crippen LogP contribution in [0.4, 0.5) is 0 Å². The summed E-state index contributed by atoms with van der Waals surface area (Å²) in [5, 5.41) is 8.28. The second-order valence-electron chi connectivity index (χ2n) is 2.72. The molecule has 1 aliphatic rings. The number of hydrogen-bond donors (Lipinski definition) is 5. The topological polar surface area (TPSA) is 135 Å². The Bertz CT molecular complexity index is 171. The molecule has 0 aromatic rings. The van der Waals surface area contributed by atoms with Crippen molar-refractivity contribution >= 4 is 16.5 Å². The molecule has 11 heteroatoms.